The third-order valence-electron chi connectivity index (χ3n) is 4.70. The van der Waals surface area contributed by atoms with E-state index in [9.17, 15) is 18.3 Å². The Morgan fingerprint density at radius 2 is 2.03 bits per heavy atom. The molecule has 0 amide bonds. The highest BCUT2D eigenvalue weighted by Gasteiger charge is 2.33. The first-order valence-electron chi connectivity index (χ1n) is 9.03. The minimum atomic E-state index is -4.57. The van der Waals surface area contributed by atoms with E-state index < -0.39 is 17.5 Å². The lowest BCUT2D eigenvalue weighted by molar-refractivity contribution is -0.137. The number of aromatic nitrogens is 2. The zero-order chi connectivity index (χ0) is 20.3. The van der Waals surface area contributed by atoms with Crippen LogP contribution < -0.4 is 10.6 Å². The van der Waals surface area contributed by atoms with Crippen LogP contribution in [0.15, 0.2) is 18.2 Å². The van der Waals surface area contributed by atoms with Gasteiger partial charge in [0.2, 0.25) is 0 Å². The fraction of sp³-hybridized carbons (Fsp3) is 0.474. The predicted molar refractivity (Wildman–Crippen MR) is 106 cm³/mol. The van der Waals surface area contributed by atoms with Crippen LogP contribution in [0, 0.1) is 6.92 Å². The van der Waals surface area contributed by atoms with Crippen molar-refractivity contribution in [2.24, 2.45) is 0 Å². The molecule has 0 aliphatic carbocycles. The summed E-state index contributed by atoms with van der Waals surface area (Å²) in [6, 6.07) is 3.71. The van der Waals surface area contributed by atoms with E-state index in [2.05, 4.69) is 20.8 Å². The molecule has 1 aromatic heterocycles. The van der Waals surface area contributed by atoms with Gasteiger partial charge in [-0.25, -0.2) is 0 Å². The maximum absolute atomic E-state index is 13.1. The maximum Gasteiger partial charge on any atom is 0.416 e. The summed E-state index contributed by atoms with van der Waals surface area (Å²) in [4.78, 5) is 0. The number of benzene rings is 1. The van der Waals surface area contributed by atoms with Gasteiger partial charge in [-0.05, 0) is 55.6 Å². The van der Waals surface area contributed by atoms with E-state index >= 15 is 0 Å². The summed E-state index contributed by atoms with van der Waals surface area (Å²) in [5.74, 6) is 0.0890. The van der Waals surface area contributed by atoms with Crippen molar-refractivity contribution in [1.82, 2.24) is 15.5 Å². The average molecular weight is 433 g/mol. The highest BCUT2D eigenvalue weighted by molar-refractivity contribution is 5.85. The molecule has 3 rings (SSSR count). The molecule has 160 valence electrons. The molecule has 0 bridgehead atoms. The molecule has 1 fully saturated rings. The molecule has 29 heavy (non-hydrogen) atoms. The first-order valence-corrected chi connectivity index (χ1v) is 9.03. The van der Waals surface area contributed by atoms with Crippen molar-refractivity contribution in [3.8, 4) is 17.0 Å². The number of phenolic OH excluding ortho intramolecular Hbond substituents is 1. The number of halogens is 4. The van der Waals surface area contributed by atoms with Crippen molar-refractivity contribution < 1.29 is 23.0 Å². The van der Waals surface area contributed by atoms with Crippen LogP contribution in [-0.2, 0) is 17.5 Å². The van der Waals surface area contributed by atoms with Crippen LogP contribution in [0.25, 0.3) is 11.3 Å². The third-order valence-corrected chi connectivity index (χ3v) is 4.70. The monoisotopic (exact) mass is 432 g/mol. The highest BCUT2D eigenvalue weighted by Crippen LogP contribution is 2.40. The van der Waals surface area contributed by atoms with Crippen LogP contribution >= 0.6 is 12.4 Å². The van der Waals surface area contributed by atoms with Gasteiger partial charge in [-0.1, -0.05) is 0 Å². The fourth-order valence-corrected chi connectivity index (χ4v) is 3.38. The minimum absolute atomic E-state index is 0. The fourth-order valence-electron chi connectivity index (χ4n) is 3.38. The van der Waals surface area contributed by atoms with Gasteiger partial charge in [-0.3, -0.25) is 0 Å². The van der Waals surface area contributed by atoms with Crippen molar-refractivity contribution in [3.63, 3.8) is 0 Å². The number of ether oxygens (including phenoxy) is 1. The molecule has 6 nitrogen and oxygen atoms in total. The number of hydrogen-bond acceptors (Lipinski definition) is 6. The van der Waals surface area contributed by atoms with Crippen molar-refractivity contribution in [2.45, 2.75) is 38.6 Å². The Morgan fingerprint density at radius 1 is 1.28 bits per heavy atom. The lowest BCUT2D eigenvalue weighted by Gasteiger charge is -2.24. The van der Waals surface area contributed by atoms with Crippen molar-refractivity contribution in [2.75, 3.05) is 25.5 Å². The van der Waals surface area contributed by atoms with Gasteiger partial charge in [0.15, 0.2) is 0 Å². The molecular weight excluding hydrogens is 409 g/mol. The quantitative estimate of drug-likeness (QED) is 0.665. The Hall–Kier alpha value is -2.10. The topological polar surface area (TPSA) is 79.3 Å². The number of piperidine rings is 1. The molecule has 1 aliphatic rings. The van der Waals surface area contributed by atoms with Crippen molar-refractivity contribution in [3.05, 3.63) is 34.9 Å². The summed E-state index contributed by atoms with van der Waals surface area (Å²) in [6.07, 6.45) is -2.48. The number of nitrogens with one attached hydrogen (secondary N) is 2. The second kappa shape index (κ2) is 9.60. The number of methoxy groups -OCH3 is 1. The number of nitrogens with zero attached hydrogens (tertiary/aromatic N) is 2. The van der Waals surface area contributed by atoms with E-state index in [1.165, 1.54) is 7.11 Å². The minimum Gasteiger partial charge on any atom is -0.507 e. The van der Waals surface area contributed by atoms with Gasteiger partial charge in [0.1, 0.15) is 17.3 Å². The molecule has 0 saturated carbocycles. The standard InChI is InChI=1S/C19H23F3N4O2.ClH/c1-11-6-16(24-14-4-3-5-23-9-14)25-26-18(11)17-12(10-28-2)7-13(8-15(17)27)19(20,21)22;/h6-8,14,23,27H,3-5,9-10H2,1-2H3,(H,24,25);1H/t14-;/m1./s1. The van der Waals surface area contributed by atoms with Crippen LogP contribution in [0.3, 0.4) is 0 Å². The van der Waals surface area contributed by atoms with E-state index in [4.69, 9.17) is 4.74 Å². The summed E-state index contributed by atoms with van der Waals surface area (Å²) < 4.78 is 44.3. The maximum atomic E-state index is 13.1. The van der Waals surface area contributed by atoms with Gasteiger partial charge in [0.25, 0.3) is 0 Å². The molecule has 2 aromatic rings. The van der Waals surface area contributed by atoms with Crippen LogP contribution in [0.1, 0.15) is 29.5 Å². The SMILES string of the molecule is COCc1cc(C(F)(F)F)cc(O)c1-c1nnc(N[C@@H]2CCCNC2)cc1C.Cl. The Balaban J connectivity index is 0.00000300. The molecule has 1 aliphatic heterocycles. The summed E-state index contributed by atoms with van der Waals surface area (Å²) in [5, 5.41) is 25.3. The molecule has 10 heteroatoms. The molecule has 0 unspecified atom stereocenters. The summed E-state index contributed by atoms with van der Waals surface area (Å²) in [5.41, 5.74) is 0.476. The molecular formula is C19H24ClF3N4O2. The number of aromatic hydroxyl groups is 1. The molecule has 0 spiro atoms. The number of alkyl halides is 3. The van der Waals surface area contributed by atoms with Gasteiger partial charge in [-0.15, -0.1) is 22.6 Å². The number of hydrogen-bond donors (Lipinski definition) is 3. The smallest absolute Gasteiger partial charge is 0.416 e. The van der Waals surface area contributed by atoms with Crippen molar-refractivity contribution in [1.29, 1.82) is 0 Å². The Kier molecular flexibility index (Phi) is 7.67. The number of rotatable bonds is 5. The Labute approximate surface area is 173 Å². The van der Waals surface area contributed by atoms with Gasteiger partial charge in [0.05, 0.1) is 12.2 Å². The number of aryl methyl sites for hydroxylation is 1. The molecule has 1 atom stereocenters. The van der Waals surface area contributed by atoms with E-state index in [1.807, 2.05) is 0 Å². The summed E-state index contributed by atoms with van der Waals surface area (Å²) in [7, 11) is 1.38. The number of anilines is 1. The lowest BCUT2D eigenvalue weighted by Crippen LogP contribution is -2.38. The van der Waals surface area contributed by atoms with E-state index in [1.54, 1.807) is 13.0 Å². The van der Waals surface area contributed by atoms with Crippen LogP contribution in [0.2, 0.25) is 0 Å². The third kappa shape index (κ3) is 5.49. The van der Waals surface area contributed by atoms with Gasteiger partial charge < -0.3 is 20.5 Å². The zero-order valence-electron chi connectivity index (χ0n) is 16.1. The molecule has 1 aromatic carbocycles. The van der Waals surface area contributed by atoms with E-state index in [-0.39, 0.29) is 36.2 Å². The first kappa shape index (κ1) is 23.2. The second-order valence-corrected chi connectivity index (χ2v) is 6.91. The molecule has 0 radical (unpaired) electrons. The largest absolute Gasteiger partial charge is 0.507 e. The normalized spacial score (nSPS) is 16.9. The van der Waals surface area contributed by atoms with Gasteiger partial charge in [-0.2, -0.15) is 13.2 Å². The van der Waals surface area contributed by atoms with Gasteiger partial charge >= 0.3 is 6.18 Å². The molecule has 3 N–H and O–H groups in total. The lowest BCUT2D eigenvalue weighted by atomic mass is 9.97. The van der Waals surface area contributed by atoms with Crippen LogP contribution in [0.4, 0.5) is 19.0 Å². The average Bonchev–Trinajstić information content (AvgIpc) is 2.63. The highest BCUT2D eigenvalue weighted by atomic mass is 35.5. The Bertz CT molecular complexity index is 843. The summed E-state index contributed by atoms with van der Waals surface area (Å²) >= 11 is 0. The molecule has 1 saturated heterocycles. The van der Waals surface area contributed by atoms with Crippen LogP contribution in [-0.4, -0.2) is 41.5 Å². The van der Waals surface area contributed by atoms with E-state index in [0.29, 0.717) is 23.1 Å². The van der Waals surface area contributed by atoms with Gasteiger partial charge in [0, 0.05) is 25.3 Å². The van der Waals surface area contributed by atoms with E-state index in [0.717, 1.165) is 32.0 Å². The number of phenols is 1. The summed E-state index contributed by atoms with van der Waals surface area (Å²) in [6.45, 7) is 3.52. The zero-order valence-corrected chi connectivity index (χ0v) is 17.0. The molecule has 2 heterocycles. The Morgan fingerprint density at radius 3 is 2.62 bits per heavy atom. The van der Waals surface area contributed by atoms with Crippen LogP contribution in [0.5, 0.6) is 5.75 Å². The second-order valence-electron chi connectivity index (χ2n) is 6.91. The first-order chi connectivity index (χ1) is 13.3. The predicted octanol–water partition coefficient (Wildman–Crippen LogP) is 3.91. The van der Waals surface area contributed by atoms with Crippen molar-refractivity contribution >= 4 is 18.2 Å².